The van der Waals surface area contributed by atoms with Gasteiger partial charge in [-0.3, -0.25) is 9.78 Å². The Labute approximate surface area is 171 Å². The van der Waals surface area contributed by atoms with E-state index in [0.717, 1.165) is 47.1 Å². The van der Waals surface area contributed by atoms with Crippen molar-refractivity contribution in [1.29, 1.82) is 0 Å². The maximum atomic E-state index is 11.4. The van der Waals surface area contributed by atoms with Crippen LogP contribution >= 0.6 is 11.6 Å². The number of hydrogen-bond donors (Lipinski definition) is 1. The van der Waals surface area contributed by atoms with Crippen LogP contribution in [0.1, 0.15) is 17.7 Å². The summed E-state index contributed by atoms with van der Waals surface area (Å²) < 4.78 is 7.82. The molecular formula is C21H19ClN4O3. The Hall–Kier alpha value is -3.06. The number of fused-ring (bicyclic) bond motifs is 4. The molecule has 8 heteroatoms. The number of carbonyl (C=O) groups is 1. The van der Waals surface area contributed by atoms with E-state index in [1.807, 2.05) is 29.8 Å². The number of halogens is 1. The SMILES string of the molecule is CN(c1nc2cc(Cl)ccc2o1)[C@H]1CCc2c(c3ncccc3n2CC(=O)O)C1. The molecule has 148 valence electrons. The number of pyridine rings is 1. The van der Waals surface area contributed by atoms with Gasteiger partial charge in [-0.2, -0.15) is 4.98 Å². The highest BCUT2D eigenvalue weighted by Crippen LogP contribution is 2.34. The summed E-state index contributed by atoms with van der Waals surface area (Å²) >= 11 is 6.06. The number of nitrogens with zero attached hydrogens (tertiary/aromatic N) is 4. The fourth-order valence-electron chi connectivity index (χ4n) is 4.28. The second-order valence-electron chi connectivity index (χ2n) is 7.39. The largest absolute Gasteiger partial charge is 0.480 e. The minimum Gasteiger partial charge on any atom is -0.480 e. The molecule has 0 spiro atoms. The second-order valence-corrected chi connectivity index (χ2v) is 7.83. The van der Waals surface area contributed by atoms with Crippen molar-refractivity contribution in [2.75, 3.05) is 11.9 Å². The van der Waals surface area contributed by atoms with Crippen LogP contribution in [0.2, 0.25) is 5.02 Å². The van der Waals surface area contributed by atoms with Gasteiger partial charge in [-0.15, -0.1) is 0 Å². The van der Waals surface area contributed by atoms with Gasteiger partial charge in [0.15, 0.2) is 5.58 Å². The molecule has 29 heavy (non-hydrogen) atoms. The maximum absolute atomic E-state index is 11.4. The molecule has 0 aliphatic heterocycles. The molecule has 1 aliphatic carbocycles. The first-order valence-corrected chi connectivity index (χ1v) is 9.84. The molecular weight excluding hydrogens is 392 g/mol. The molecule has 0 radical (unpaired) electrons. The predicted octanol–water partition coefficient (Wildman–Crippen LogP) is 3.91. The van der Waals surface area contributed by atoms with Crippen molar-refractivity contribution in [3.05, 3.63) is 52.8 Å². The Kier molecular flexibility index (Phi) is 4.20. The van der Waals surface area contributed by atoms with E-state index in [1.165, 1.54) is 0 Å². The zero-order valence-corrected chi connectivity index (χ0v) is 16.6. The lowest BCUT2D eigenvalue weighted by atomic mass is 9.92. The summed E-state index contributed by atoms with van der Waals surface area (Å²) in [4.78, 5) is 22.6. The molecule has 3 heterocycles. The summed E-state index contributed by atoms with van der Waals surface area (Å²) in [5.74, 6) is -0.849. The van der Waals surface area contributed by atoms with Gasteiger partial charge in [-0.1, -0.05) is 11.6 Å². The van der Waals surface area contributed by atoms with Crippen LogP contribution in [-0.4, -0.2) is 38.7 Å². The summed E-state index contributed by atoms with van der Waals surface area (Å²) in [7, 11) is 1.98. The Morgan fingerprint density at radius 2 is 2.28 bits per heavy atom. The Morgan fingerprint density at radius 3 is 3.10 bits per heavy atom. The number of rotatable bonds is 4. The van der Waals surface area contributed by atoms with E-state index >= 15 is 0 Å². The first-order chi connectivity index (χ1) is 14.0. The fraction of sp³-hybridized carbons (Fsp3) is 0.286. The number of carboxylic acids is 1. The Bertz CT molecular complexity index is 1250. The van der Waals surface area contributed by atoms with Crippen LogP contribution in [-0.2, 0) is 24.2 Å². The standard InChI is InChI=1S/C21H19ClN4O3/c1-25(21-24-15-9-12(22)4-7-18(15)29-21)13-5-6-16-14(10-13)20-17(3-2-8-23-20)26(16)11-19(27)28/h2-4,7-9,13H,5-6,10-11H2,1H3,(H,27,28)/t13-/m0/s1. The third-order valence-electron chi connectivity index (χ3n) is 5.67. The summed E-state index contributed by atoms with van der Waals surface area (Å²) in [6.07, 6.45) is 4.16. The lowest BCUT2D eigenvalue weighted by Crippen LogP contribution is -2.37. The molecule has 0 unspecified atom stereocenters. The van der Waals surface area contributed by atoms with Crippen LogP contribution in [0.15, 0.2) is 40.9 Å². The van der Waals surface area contributed by atoms with Gasteiger partial charge in [0.05, 0.1) is 11.0 Å². The van der Waals surface area contributed by atoms with Gasteiger partial charge in [-0.25, -0.2) is 0 Å². The molecule has 3 aromatic heterocycles. The highest BCUT2D eigenvalue weighted by Gasteiger charge is 2.30. The highest BCUT2D eigenvalue weighted by atomic mass is 35.5. The molecule has 7 nitrogen and oxygen atoms in total. The van der Waals surface area contributed by atoms with Crippen molar-refractivity contribution >= 4 is 45.7 Å². The van der Waals surface area contributed by atoms with Crippen molar-refractivity contribution in [3.8, 4) is 0 Å². The van der Waals surface area contributed by atoms with Crippen LogP contribution in [0.5, 0.6) is 0 Å². The number of anilines is 1. The number of hydrogen-bond acceptors (Lipinski definition) is 5. The molecule has 4 aromatic rings. The molecule has 0 amide bonds. The van der Waals surface area contributed by atoms with Crippen LogP contribution < -0.4 is 4.90 Å². The molecule has 0 bridgehead atoms. The number of benzene rings is 1. The molecule has 1 aromatic carbocycles. The van der Waals surface area contributed by atoms with E-state index in [2.05, 4.69) is 14.9 Å². The van der Waals surface area contributed by atoms with Crippen LogP contribution in [0.3, 0.4) is 0 Å². The van der Waals surface area contributed by atoms with Crippen molar-refractivity contribution in [2.45, 2.75) is 31.8 Å². The van der Waals surface area contributed by atoms with Gasteiger partial charge < -0.3 is 19.0 Å². The van der Waals surface area contributed by atoms with Gasteiger partial charge >= 0.3 is 5.97 Å². The minimum atomic E-state index is -0.849. The summed E-state index contributed by atoms with van der Waals surface area (Å²) in [6.45, 7) is -0.0517. The minimum absolute atomic E-state index is 0.0517. The third-order valence-corrected chi connectivity index (χ3v) is 5.91. The zero-order valence-electron chi connectivity index (χ0n) is 15.8. The van der Waals surface area contributed by atoms with Gasteiger partial charge in [-0.05, 0) is 49.6 Å². The number of aromatic nitrogens is 3. The normalized spacial score (nSPS) is 16.3. The molecule has 0 saturated carbocycles. The first kappa shape index (κ1) is 18.0. The van der Waals surface area contributed by atoms with E-state index in [4.69, 9.17) is 16.0 Å². The van der Waals surface area contributed by atoms with E-state index in [9.17, 15) is 9.90 Å². The Balaban J connectivity index is 1.50. The smallest absolute Gasteiger partial charge is 0.323 e. The third kappa shape index (κ3) is 3.02. The van der Waals surface area contributed by atoms with Gasteiger partial charge in [0, 0.05) is 35.6 Å². The summed E-state index contributed by atoms with van der Waals surface area (Å²) in [5, 5.41) is 9.97. The maximum Gasteiger partial charge on any atom is 0.323 e. The lowest BCUT2D eigenvalue weighted by Gasteiger charge is -2.30. The molecule has 1 aliphatic rings. The van der Waals surface area contributed by atoms with Crippen molar-refractivity contribution in [3.63, 3.8) is 0 Å². The zero-order chi connectivity index (χ0) is 20.1. The first-order valence-electron chi connectivity index (χ1n) is 9.47. The van der Waals surface area contributed by atoms with E-state index < -0.39 is 5.97 Å². The van der Waals surface area contributed by atoms with Crippen molar-refractivity contribution in [2.24, 2.45) is 0 Å². The highest BCUT2D eigenvalue weighted by molar-refractivity contribution is 6.31. The average Bonchev–Trinajstić information content (AvgIpc) is 3.26. The summed E-state index contributed by atoms with van der Waals surface area (Å²) in [6, 6.07) is 9.92. The monoisotopic (exact) mass is 410 g/mol. The summed E-state index contributed by atoms with van der Waals surface area (Å²) in [5.41, 5.74) is 5.37. The van der Waals surface area contributed by atoms with Gasteiger partial charge in [0.1, 0.15) is 12.1 Å². The van der Waals surface area contributed by atoms with Gasteiger partial charge in [0.25, 0.3) is 6.01 Å². The quantitative estimate of drug-likeness (QED) is 0.549. The second kappa shape index (κ2) is 6.77. The van der Waals surface area contributed by atoms with E-state index in [0.29, 0.717) is 16.6 Å². The number of likely N-dealkylation sites (N-methyl/N-ethyl adjacent to an activating group) is 1. The van der Waals surface area contributed by atoms with Crippen molar-refractivity contribution in [1.82, 2.24) is 14.5 Å². The molecule has 1 atom stereocenters. The molecule has 1 N–H and O–H groups in total. The van der Waals surface area contributed by atoms with E-state index in [1.54, 1.807) is 18.3 Å². The topological polar surface area (TPSA) is 84.4 Å². The van der Waals surface area contributed by atoms with E-state index in [-0.39, 0.29) is 12.6 Å². The average molecular weight is 411 g/mol. The fourth-order valence-corrected chi connectivity index (χ4v) is 4.44. The lowest BCUT2D eigenvalue weighted by molar-refractivity contribution is -0.137. The Morgan fingerprint density at radius 1 is 1.41 bits per heavy atom. The number of carboxylic acid groups (broad SMARTS) is 1. The van der Waals surface area contributed by atoms with Crippen molar-refractivity contribution < 1.29 is 14.3 Å². The molecule has 5 rings (SSSR count). The van der Waals surface area contributed by atoms with Gasteiger partial charge in [0.2, 0.25) is 0 Å². The number of oxazole rings is 1. The molecule has 0 saturated heterocycles. The van der Waals surface area contributed by atoms with Crippen LogP contribution in [0, 0.1) is 0 Å². The van der Waals surface area contributed by atoms with Crippen LogP contribution in [0.4, 0.5) is 6.01 Å². The van der Waals surface area contributed by atoms with Crippen LogP contribution in [0.25, 0.3) is 22.1 Å². The molecule has 0 fully saturated rings. The predicted molar refractivity (Wildman–Crippen MR) is 111 cm³/mol. The number of aliphatic carboxylic acids is 1.